The number of ether oxygens (including phenoxy) is 2. The van der Waals surface area contributed by atoms with Crippen molar-refractivity contribution in [1.29, 1.82) is 5.41 Å². The quantitative estimate of drug-likeness (QED) is 0.166. The van der Waals surface area contributed by atoms with Gasteiger partial charge in [-0.3, -0.25) is 10.4 Å². The lowest BCUT2D eigenvalue weighted by molar-refractivity contribution is 0.201. The van der Waals surface area contributed by atoms with Gasteiger partial charge in [0.1, 0.15) is 30.0 Å². The van der Waals surface area contributed by atoms with Gasteiger partial charge in [-0.1, -0.05) is 0 Å². The number of nitrogen functional groups attached to an aromatic ring is 1. The van der Waals surface area contributed by atoms with Gasteiger partial charge in [-0.15, -0.1) is 9.78 Å². The molecule has 0 fully saturated rings. The summed E-state index contributed by atoms with van der Waals surface area (Å²) >= 11 is 0. The molecule has 1 atom stereocenters. The number of anilines is 1. The summed E-state index contributed by atoms with van der Waals surface area (Å²) in [6, 6.07) is 13.2. The molecule has 2 heterocycles. The van der Waals surface area contributed by atoms with E-state index in [2.05, 4.69) is 25.4 Å². The fourth-order valence-electron chi connectivity index (χ4n) is 3.35. The minimum Gasteiger partial charge on any atom is -0.497 e. The second-order valence-corrected chi connectivity index (χ2v) is 7.36. The Kier molecular flexibility index (Phi) is 7.02. The van der Waals surface area contributed by atoms with Crippen LogP contribution in [0.4, 0.5) is 5.69 Å². The van der Waals surface area contributed by atoms with Gasteiger partial charge in [0.05, 0.1) is 13.7 Å². The Labute approximate surface area is 199 Å². The van der Waals surface area contributed by atoms with Gasteiger partial charge in [-0.25, -0.2) is 14.8 Å². The van der Waals surface area contributed by atoms with Crippen LogP contribution >= 0.6 is 0 Å². The first-order valence-corrected chi connectivity index (χ1v) is 10.6. The Hall–Kier alpha value is -4.71. The van der Waals surface area contributed by atoms with Gasteiger partial charge in [0.15, 0.2) is 5.82 Å². The van der Waals surface area contributed by atoms with Crippen LogP contribution in [-0.2, 0) is 0 Å². The highest BCUT2D eigenvalue weighted by Crippen LogP contribution is 2.31. The normalized spacial score (nSPS) is 11.6. The van der Waals surface area contributed by atoms with Crippen LogP contribution in [0.3, 0.4) is 0 Å². The molecule has 4 aromatic rings. The first-order valence-electron chi connectivity index (χ1n) is 10.6. The van der Waals surface area contributed by atoms with E-state index in [0.29, 0.717) is 34.1 Å². The average molecular weight is 476 g/mol. The third-order valence-electron chi connectivity index (χ3n) is 4.99. The zero-order chi connectivity index (χ0) is 24.8. The lowest BCUT2D eigenvalue weighted by atomic mass is 10.0. The molecule has 12 nitrogen and oxygen atoms in total. The fourth-order valence-corrected chi connectivity index (χ4v) is 3.35. The maximum absolute atomic E-state index is 12.7. The summed E-state index contributed by atoms with van der Waals surface area (Å²) in [5, 5.41) is 24.5. The van der Waals surface area contributed by atoms with Crippen LogP contribution in [0.1, 0.15) is 23.0 Å². The molecule has 0 saturated heterocycles. The van der Waals surface area contributed by atoms with Crippen molar-refractivity contribution in [3.8, 4) is 17.4 Å². The maximum Gasteiger partial charge on any atom is 0.350 e. The van der Waals surface area contributed by atoms with E-state index in [0.717, 1.165) is 4.68 Å². The maximum atomic E-state index is 12.7. The SMILES string of the molecule is COc1cc(OCCO)cc([C@H](Nc2ccc(C(=N)N)cc2)c2nn(-c3ncccn3)c(=O)[nH]2)c1. The van der Waals surface area contributed by atoms with Crippen molar-refractivity contribution in [2.45, 2.75) is 6.04 Å². The van der Waals surface area contributed by atoms with Crippen molar-refractivity contribution < 1.29 is 14.6 Å². The van der Waals surface area contributed by atoms with E-state index in [1.165, 1.54) is 19.5 Å². The van der Waals surface area contributed by atoms with Crippen molar-refractivity contribution in [3.05, 3.63) is 88.4 Å². The summed E-state index contributed by atoms with van der Waals surface area (Å²) in [6.45, 7) is -0.0421. The molecule has 0 amide bonds. The first kappa shape index (κ1) is 23.4. The molecule has 0 saturated carbocycles. The molecule has 6 N–H and O–H groups in total. The summed E-state index contributed by atoms with van der Waals surface area (Å²) < 4.78 is 12.1. The predicted octanol–water partition coefficient (Wildman–Crippen LogP) is 1.22. The van der Waals surface area contributed by atoms with Gasteiger partial charge in [-0.2, -0.15) is 0 Å². The number of hydrogen-bond donors (Lipinski definition) is 5. The summed E-state index contributed by atoms with van der Waals surface area (Å²) in [5.41, 5.74) is 6.99. The second kappa shape index (κ2) is 10.5. The van der Waals surface area contributed by atoms with Crippen molar-refractivity contribution in [2.75, 3.05) is 25.6 Å². The first-order chi connectivity index (χ1) is 17.0. The number of hydrogen-bond acceptors (Lipinski definition) is 9. The number of aliphatic hydroxyl groups excluding tert-OH is 1. The number of aliphatic hydroxyl groups is 1. The molecule has 2 aromatic carbocycles. The standard InChI is InChI=1S/C23H24N8O4/c1-34-17-11-15(12-18(13-17)35-10-9-32)19(28-16-5-3-14(4-6-16)20(24)25)21-29-23(33)31(30-21)22-26-7-2-8-27-22/h2-8,11-13,19,28,32H,9-10H2,1H3,(H3,24,25)(H,29,30,33)/t19-/m0/s1. The lowest BCUT2D eigenvalue weighted by Crippen LogP contribution is -2.18. The number of amidine groups is 1. The van der Waals surface area contributed by atoms with Gasteiger partial charge in [-0.05, 0) is 48.0 Å². The number of rotatable bonds is 10. The van der Waals surface area contributed by atoms with Crippen LogP contribution in [0.5, 0.6) is 11.5 Å². The number of benzene rings is 2. The molecule has 0 aliphatic carbocycles. The van der Waals surface area contributed by atoms with E-state index in [9.17, 15) is 4.79 Å². The molecule has 0 bridgehead atoms. The Morgan fingerprint density at radius 2 is 1.91 bits per heavy atom. The van der Waals surface area contributed by atoms with E-state index < -0.39 is 11.7 Å². The molecule has 4 rings (SSSR count). The van der Waals surface area contributed by atoms with Crippen LogP contribution in [0, 0.1) is 5.41 Å². The third-order valence-corrected chi connectivity index (χ3v) is 4.99. The van der Waals surface area contributed by atoms with Gasteiger partial charge < -0.3 is 25.6 Å². The van der Waals surface area contributed by atoms with E-state index in [4.69, 9.17) is 25.7 Å². The van der Waals surface area contributed by atoms with Crippen molar-refractivity contribution in [2.24, 2.45) is 5.73 Å². The second-order valence-electron chi connectivity index (χ2n) is 7.36. The molecule has 0 unspecified atom stereocenters. The van der Waals surface area contributed by atoms with Crippen LogP contribution in [-0.4, -0.2) is 56.0 Å². The highest BCUT2D eigenvalue weighted by atomic mass is 16.5. The van der Waals surface area contributed by atoms with Crippen molar-refractivity contribution in [3.63, 3.8) is 0 Å². The number of nitrogens with zero attached hydrogens (tertiary/aromatic N) is 4. The smallest absolute Gasteiger partial charge is 0.350 e. The molecule has 0 radical (unpaired) electrons. The molecular formula is C23H24N8O4. The van der Waals surface area contributed by atoms with Gasteiger partial charge in [0.25, 0.3) is 5.95 Å². The molecule has 0 aliphatic rings. The van der Waals surface area contributed by atoms with Gasteiger partial charge >= 0.3 is 5.69 Å². The van der Waals surface area contributed by atoms with E-state index in [1.54, 1.807) is 48.5 Å². The highest BCUT2D eigenvalue weighted by Gasteiger charge is 2.22. The van der Waals surface area contributed by atoms with Crippen molar-refractivity contribution in [1.82, 2.24) is 24.7 Å². The van der Waals surface area contributed by atoms with Crippen LogP contribution in [0.2, 0.25) is 0 Å². The molecule has 35 heavy (non-hydrogen) atoms. The Balaban J connectivity index is 1.79. The fraction of sp³-hybridized carbons (Fsp3) is 0.174. The summed E-state index contributed by atoms with van der Waals surface area (Å²) in [7, 11) is 1.53. The number of aromatic nitrogens is 5. The molecule has 0 aliphatic heterocycles. The monoisotopic (exact) mass is 476 g/mol. The van der Waals surface area contributed by atoms with Crippen LogP contribution in [0.15, 0.2) is 65.7 Å². The largest absolute Gasteiger partial charge is 0.497 e. The Morgan fingerprint density at radius 1 is 1.20 bits per heavy atom. The Bertz CT molecular complexity index is 1350. The molecule has 12 heteroatoms. The molecule has 180 valence electrons. The van der Waals surface area contributed by atoms with E-state index in [1.807, 2.05) is 0 Å². The number of H-pyrrole nitrogens is 1. The number of aromatic amines is 1. The number of nitrogens with one attached hydrogen (secondary N) is 3. The van der Waals surface area contributed by atoms with Gasteiger partial charge in [0.2, 0.25) is 0 Å². The van der Waals surface area contributed by atoms with Crippen LogP contribution in [0.25, 0.3) is 5.95 Å². The van der Waals surface area contributed by atoms with Crippen molar-refractivity contribution >= 4 is 11.5 Å². The van der Waals surface area contributed by atoms with Crippen LogP contribution < -0.4 is 26.2 Å². The zero-order valence-electron chi connectivity index (χ0n) is 18.8. The Morgan fingerprint density at radius 3 is 2.57 bits per heavy atom. The van der Waals surface area contributed by atoms with Gasteiger partial charge in [0, 0.05) is 29.7 Å². The van der Waals surface area contributed by atoms with E-state index in [-0.39, 0.29) is 25.0 Å². The topological polar surface area (TPSA) is 177 Å². The molecule has 0 spiro atoms. The minimum atomic E-state index is -0.651. The predicted molar refractivity (Wildman–Crippen MR) is 128 cm³/mol. The number of methoxy groups -OCH3 is 1. The highest BCUT2D eigenvalue weighted by molar-refractivity contribution is 5.95. The molecular weight excluding hydrogens is 452 g/mol. The summed E-state index contributed by atoms with van der Waals surface area (Å²) in [6.07, 6.45) is 3.03. The average Bonchev–Trinajstić information content (AvgIpc) is 3.27. The third kappa shape index (κ3) is 5.45. The summed E-state index contributed by atoms with van der Waals surface area (Å²) in [4.78, 5) is 23.7. The van der Waals surface area contributed by atoms with E-state index >= 15 is 0 Å². The zero-order valence-corrected chi connectivity index (χ0v) is 18.8. The molecule has 2 aromatic heterocycles. The minimum absolute atomic E-state index is 0.0440. The number of nitrogens with two attached hydrogens (primary N) is 1. The lowest BCUT2D eigenvalue weighted by Gasteiger charge is -2.20. The summed E-state index contributed by atoms with van der Waals surface area (Å²) in [5.74, 6) is 1.36.